The number of alkyl halides is 1. The second kappa shape index (κ2) is 5.55. The minimum Gasteiger partial charge on any atom is -0.122 e. The van der Waals surface area contributed by atoms with Crippen LogP contribution in [0.5, 0.6) is 0 Å². The third-order valence-corrected chi connectivity index (χ3v) is 1.77. The zero-order valence-corrected chi connectivity index (χ0v) is 7.32. The molecule has 0 heterocycles. The summed E-state index contributed by atoms with van der Waals surface area (Å²) in [5.74, 6) is 1.23. The van der Waals surface area contributed by atoms with Crippen molar-refractivity contribution < 1.29 is 0 Å². The van der Waals surface area contributed by atoms with E-state index in [2.05, 4.69) is 20.1 Å². The van der Waals surface area contributed by atoms with Gasteiger partial charge in [-0.3, -0.25) is 0 Å². The quantitative estimate of drug-likeness (QED) is 0.425. The van der Waals surface area contributed by atoms with E-state index in [1.165, 1.54) is 0 Å². The van der Waals surface area contributed by atoms with Crippen molar-refractivity contribution in [1.82, 2.24) is 0 Å². The van der Waals surface area contributed by atoms with Crippen LogP contribution >= 0.6 is 11.6 Å². The molecule has 0 bridgehead atoms. The average Bonchev–Trinajstić information content (AvgIpc) is 1.88. The van der Waals surface area contributed by atoms with Crippen molar-refractivity contribution in [3.8, 4) is 0 Å². The Morgan fingerprint density at radius 2 is 2.30 bits per heavy atom. The van der Waals surface area contributed by atoms with Gasteiger partial charge < -0.3 is 0 Å². The summed E-state index contributed by atoms with van der Waals surface area (Å²) in [4.78, 5) is 0. The minimum absolute atomic E-state index is 0.585. The molecule has 1 atom stereocenters. The van der Waals surface area contributed by atoms with Gasteiger partial charge in [0.2, 0.25) is 0 Å². The van der Waals surface area contributed by atoms with Gasteiger partial charge in [0.15, 0.2) is 0 Å². The first-order valence-electron chi connectivity index (χ1n) is 3.54. The monoisotopic (exact) mass is 158 g/mol. The third kappa shape index (κ3) is 4.63. The molecule has 0 rings (SSSR count). The molecule has 0 amide bonds. The van der Waals surface area contributed by atoms with E-state index in [4.69, 9.17) is 11.6 Å². The number of halogens is 1. The van der Waals surface area contributed by atoms with Crippen molar-refractivity contribution >= 4 is 11.6 Å². The minimum atomic E-state index is 0.585. The van der Waals surface area contributed by atoms with Crippen molar-refractivity contribution in [1.29, 1.82) is 0 Å². The maximum Gasteiger partial charge on any atom is 0.0431 e. The molecule has 10 heavy (non-hydrogen) atoms. The molecule has 0 aliphatic carbocycles. The summed E-state index contributed by atoms with van der Waals surface area (Å²) in [6.07, 6.45) is 4.01. The first-order chi connectivity index (χ1) is 4.70. The average molecular weight is 159 g/mol. The van der Waals surface area contributed by atoms with E-state index in [0.29, 0.717) is 11.8 Å². The van der Waals surface area contributed by atoms with E-state index < -0.39 is 0 Å². The van der Waals surface area contributed by atoms with Gasteiger partial charge in [-0.25, -0.2) is 0 Å². The second-order valence-electron chi connectivity index (χ2n) is 2.72. The second-order valence-corrected chi connectivity index (χ2v) is 2.98. The lowest BCUT2D eigenvalue weighted by Gasteiger charge is -2.07. The number of allylic oxidation sites excluding steroid dienone is 2. The highest BCUT2D eigenvalue weighted by Gasteiger charge is 2.00. The zero-order chi connectivity index (χ0) is 7.98. The lowest BCUT2D eigenvalue weighted by atomic mass is 10.0. The van der Waals surface area contributed by atoms with Crippen LogP contribution in [0.25, 0.3) is 0 Å². The standard InChI is InChI=1S/C9H15Cl/c1-4-5-8(2)6-9(3)7-10/h4,8H,1,3,5-7H2,2H3. The summed E-state index contributed by atoms with van der Waals surface area (Å²) in [6.45, 7) is 9.68. The predicted octanol–water partition coefficient (Wildman–Crippen LogP) is 3.38. The molecule has 0 aliphatic heterocycles. The van der Waals surface area contributed by atoms with Gasteiger partial charge in [0, 0.05) is 5.88 Å². The summed E-state index contributed by atoms with van der Waals surface area (Å²) < 4.78 is 0. The molecule has 0 aliphatic rings. The van der Waals surface area contributed by atoms with Crippen molar-refractivity contribution in [3.05, 3.63) is 24.8 Å². The molecule has 0 aromatic heterocycles. The molecule has 1 unspecified atom stereocenters. The van der Waals surface area contributed by atoms with Crippen molar-refractivity contribution in [2.24, 2.45) is 5.92 Å². The van der Waals surface area contributed by atoms with E-state index in [9.17, 15) is 0 Å². The van der Waals surface area contributed by atoms with Gasteiger partial charge >= 0.3 is 0 Å². The molecule has 0 nitrogen and oxygen atoms in total. The molecule has 58 valence electrons. The SMILES string of the molecule is C=CCC(C)CC(=C)CCl. The summed E-state index contributed by atoms with van der Waals surface area (Å²) in [6, 6.07) is 0. The lowest BCUT2D eigenvalue weighted by molar-refractivity contribution is 0.588. The topological polar surface area (TPSA) is 0 Å². The molecule has 0 saturated carbocycles. The molecule has 0 aromatic rings. The molecule has 0 fully saturated rings. The third-order valence-electron chi connectivity index (χ3n) is 1.40. The molecular weight excluding hydrogens is 144 g/mol. The Kier molecular flexibility index (Phi) is 5.42. The molecule has 0 spiro atoms. The van der Waals surface area contributed by atoms with Crippen LogP contribution in [0, 0.1) is 5.92 Å². The van der Waals surface area contributed by atoms with Crippen LogP contribution < -0.4 is 0 Å². The summed E-state index contributed by atoms with van der Waals surface area (Å²) in [5, 5.41) is 0. The number of rotatable bonds is 5. The van der Waals surface area contributed by atoms with Crippen LogP contribution in [-0.4, -0.2) is 5.88 Å². The first kappa shape index (κ1) is 9.77. The largest absolute Gasteiger partial charge is 0.122 e. The lowest BCUT2D eigenvalue weighted by Crippen LogP contribution is -1.95. The molecule has 0 saturated heterocycles. The van der Waals surface area contributed by atoms with E-state index in [1.54, 1.807) is 0 Å². The highest BCUT2D eigenvalue weighted by Crippen LogP contribution is 2.14. The van der Waals surface area contributed by atoms with Gasteiger partial charge in [-0.05, 0) is 18.8 Å². The van der Waals surface area contributed by atoms with E-state index in [0.717, 1.165) is 18.4 Å². The highest BCUT2D eigenvalue weighted by molar-refractivity contribution is 6.19. The summed E-state index contributed by atoms with van der Waals surface area (Å²) >= 11 is 5.57. The van der Waals surface area contributed by atoms with Crippen LogP contribution in [0.4, 0.5) is 0 Å². The smallest absolute Gasteiger partial charge is 0.0431 e. The van der Waals surface area contributed by atoms with Crippen LogP contribution in [0.1, 0.15) is 19.8 Å². The van der Waals surface area contributed by atoms with E-state index >= 15 is 0 Å². The summed E-state index contributed by atoms with van der Waals surface area (Å²) in [7, 11) is 0. The maximum atomic E-state index is 5.57. The Morgan fingerprint density at radius 3 is 2.70 bits per heavy atom. The molecule has 0 aromatic carbocycles. The van der Waals surface area contributed by atoms with Gasteiger partial charge in [-0.2, -0.15) is 0 Å². The van der Waals surface area contributed by atoms with Gasteiger partial charge in [-0.15, -0.1) is 18.2 Å². The Balaban J connectivity index is 3.46. The first-order valence-corrected chi connectivity index (χ1v) is 4.07. The molecule has 1 heteroatoms. The highest BCUT2D eigenvalue weighted by atomic mass is 35.5. The van der Waals surface area contributed by atoms with E-state index in [1.807, 2.05) is 6.08 Å². The predicted molar refractivity (Wildman–Crippen MR) is 48.5 cm³/mol. The van der Waals surface area contributed by atoms with Gasteiger partial charge in [0.1, 0.15) is 0 Å². The molecule has 0 radical (unpaired) electrons. The van der Waals surface area contributed by atoms with E-state index in [-0.39, 0.29) is 0 Å². The zero-order valence-electron chi connectivity index (χ0n) is 6.57. The number of hydrogen-bond acceptors (Lipinski definition) is 0. The molecule has 0 N–H and O–H groups in total. The summed E-state index contributed by atoms with van der Waals surface area (Å²) in [5.41, 5.74) is 1.12. The van der Waals surface area contributed by atoms with Crippen molar-refractivity contribution in [3.63, 3.8) is 0 Å². The van der Waals surface area contributed by atoms with Crippen LogP contribution in [0.2, 0.25) is 0 Å². The fourth-order valence-electron chi connectivity index (χ4n) is 0.915. The van der Waals surface area contributed by atoms with Gasteiger partial charge in [-0.1, -0.05) is 25.2 Å². The van der Waals surface area contributed by atoms with Crippen LogP contribution in [0.3, 0.4) is 0 Å². The number of hydrogen-bond donors (Lipinski definition) is 0. The van der Waals surface area contributed by atoms with Gasteiger partial charge in [0.25, 0.3) is 0 Å². The maximum absolute atomic E-state index is 5.57. The van der Waals surface area contributed by atoms with Crippen molar-refractivity contribution in [2.75, 3.05) is 5.88 Å². The fraction of sp³-hybridized carbons (Fsp3) is 0.556. The normalized spacial score (nSPS) is 12.6. The Morgan fingerprint density at radius 1 is 1.70 bits per heavy atom. The van der Waals surface area contributed by atoms with Crippen LogP contribution in [0.15, 0.2) is 24.8 Å². The van der Waals surface area contributed by atoms with Crippen LogP contribution in [-0.2, 0) is 0 Å². The Labute approximate surface area is 68.6 Å². The fourth-order valence-corrected chi connectivity index (χ4v) is 1.02. The van der Waals surface area contributed by atoms with Gasteiger partial charge in [0.05, 0.1) is 0 Å². The molecular formula is C9H15Cl. The Bertz CT molecular complexity index is 116. The Hall–Kier alpha value is -0.230. The van der Waals surface area contributed by atoms with Crippen molar-refractivity contribution in [2.45, 2.75) is 19.8 Å².